The maximum Gasteiger partial charge on any atom is 0.495 e. The number of benzene rings is 7. The maximum atomic E-state index is 6.91. The number of hydrogen-bond donors (Lipinski definition) is 0. The molecule has 2 spiro atoms. The molecule has 2 nitrogen and oxygen atoms in total. The number of hydrogen-bond acceptors (Lipinski definition) is 3. The molecule has 3 aliphatic carbocycles. The third kappa shape index (κ3) is 3.48. The van der Waals surface area contributed by atoms with Crippen molar-refractivity contribution in [3.63, 3.8) is 0 Å². The second-order valence-corrected chi connectivity index (χ2v) is 17.6. The second kappa shape index (κ2) is 10.3. The summed E-state index contributed by atoms with van der Waals surface area (Å²) < 4.78 is 16.4. The second-order valence-electron chi connectivity index (χ2n) is 16.5. The summed E-state index contributed by atoms with van der Waals surface area (Å²) in [6.07, 6.45) is 0. The predicted molar refractivity (Wildman–Crippen MR) is 223 cm³/mol. The van der Waals surface area contributed by atoms with E-state index in [9.17, 15) is 0 Å². The zero-order chi connectivity index (χ0) is 36.2. The van der Waals surface area contributed by atoms with Gasteiger partial charge in [0.15, 0.2) is 0 Å². The first-order valence-electron chi connectivity index (χ1n) is 19.1. The lowest BCUT2D eigenvalue weighted by molar-refractivity contribution is 0.00578. The average molecular weight is 713 g/mol. The monoisotopic (exact) mass is 712 g/mol. The standard InChI is InChI=1S/C50H37BO2S/c1-47(2)48(3,4)53-51(52-47)42-26-15-25-40-44(42)45-41(29-28-33-32-18-7-14-27-43(32)54-46(33)45)50(40)38-23-12-10-21-36(38)49(37-22-11-13-24-39(37)50)34-19-8-5-16-30(34)31-17-6-9-20-35(31)49/h5-29H,1-4H3. The largest absolute Gasteiger partial charge is 0.495 e. The molecule has 0 atom stereocenters. The molecule has 1 aromatic heterocycles. The fourth-order valence-corrected chi connectivity index (χ4v) is 12.0. The van der Waals surface area contributed by atoms with Crippen LogP contribution < -0.4 is 5.46 Å². The van der Waals surface area contributed by atoms with E-state index in [1.54, 1.807) is 0 Å². The smallest absolute Gasteiger partial charge is 0.399 e. The molecule has 0 amide bonds. The first kappa shape index (κ1) is 31.1. The van der Waals surface area contributed by atoms with E-state index >= 15 is 0 Å². The minimum absolute atomic E-state index is 0.469. The van der Waals surface area contributed by atoms with Gasteiger partial charge in [-0.15, -0.1) is 11.3 Å². The van der Waals surface area contributed by atoms with E-state index in [-0.39, 0.29) is 0 Å². The van der Waals surface area contributed by atoms with E-state index in [1.807, 2.05) is 11.3 Å². The van der Waals surface area contributed by atoms with Gasteiger partial charge in [0.2, 0.25) is 0 Å². The van der Waals surface area contributed by atoms with Crippen LogP contribution in [0, 0.1) is 0 Å². The Labute approximate surface area is 320 Å². The Balaban J connectivity index is 1.26. The quantitative estimate of drug-likeness (QED) is 0.158. The molecule has 1 fully saturated rings. The summed E-state index contributed by atoms with van der Waals surface area (Å²) in [5.74, 6) is 0. The Hall–Kier alpha value is -5.26. The summed E-state index contributed by atoms with van der Waals surface area (Å²) in [4.78, 5) is 0. The lowest BCUT2D eigenvalue weighted by atomic mass is 9.52. The molecule has 0 N–H and O–H groups in total. The minimum atomic E-state index is -0.584. The zero-order valence-corrected chi connectivity index (χ0v) is 31.6. The van der Waals surface area contributed by atoms with Gasteiger partial charge in [-0.2, -0.15) is 0 Å². The number of thiophene rings is 1. The maximum absolute atomic E-state index is 6.91. The lowest BCUT2D eigenvalue weighted by Crippen LogP contribution is -2.44. The molecular formula is C50H37BO2S. The van der Waals surface area contributed by atoms with Crippen molar-refractivity contribution in [3.05, 3.63) is 196 Å². The van der Waals surface area contributed by atoms with Crippen molar-refractivity contribution in [2.24, 2.45) is 0 Å². The molecule has 8 aromatic rings. The third-order valence-corrected chi connectivity index (χ3v) is 14.8. The van der Waals surface area contributed by atoms with Gasteiger partial charge in [0.05, 0.1) is 22.0 Å². The molecule has 4 heteroatoms. The zero-order valence-electron chi connectivity index (χ0n) is 30.7. The van der Waals surface area contributed by atoms with Gasteiger partial charge in [-0.3, -0.25) is 0 Å². The number of fused-ring (bicyclic) bond motifs is 20. The Morgan fingerprint density at radius 1 is 0.407 bits per heavy atom. The third-order valence-electron chi connectivity index (χ3n) is 13.6. The Morgan fingerprint density at radius 3 is 1.46 bits per heavy atom. The van der Waals surface area contributed by atoms with Crippen LogP contribution in [-0.4, -0.2) is 18.3 Å². The van der Waals surface area contributed by atoms with Crippen LogP contribution in [0.5, 0.6) is 0 Å². The van der Waals surface area contributed by atoms with E-state index in [2.05, 4.69) is 179 Å². The van der Waals surface area contributed by atoms with Gasteiger partial charge in [0, 0.05) is 25.7 Å². The van der Waals surface area contributed by atoms with E-state index in [0.717, 1.165) is 5.46 Å². The highest BCUT2D eigenvalue weighted by molar-refractivity contribution is 7.26. The fraction of sp³-hybridized carbons (Fsp3) is 0.160. The van der Waals surface area contributed by atoms with E-state index < -0.39 is 29.2 Å². The first-order chi connectivity index (χ1) is 26.3. The highest BCUT2D eigenvalue weighted by atomic mass is 32.1. The summed E-state index contributed by atoms with van der Waals surface area (Å²) in [5, 5.41) is 2.60. The molecule has 7 aromatic carbocycles. The summed E-state index contributed by atoms with van der Waals surface area (Å²) in [5.41, 5.74) is 15.0. The lowest BCUT2D eigenvalue weighted by Gasteiger charge is -2.48. The van der Waals surface area contributed by atoms with Crippen molar-refractivity contribution < 1.29 is 9.31 Å². The van der Waals surface area contributed by atoms with Crippen LogP contribution in [0.25, 0.3) is 42.4 Å². The molecule has 0 radical (unpaired) electrons. The van der Waals surface area contributed by atoms with E-state index in [0.29, 0.717) is 0 Å². The van der Waals surface area contributed by atoms with Gasteiger partial charge < -0.3 is 9.31 Å². The van der Waals surface area contributed by atoms with Crippen molar-refractivity contribution in [1.82, 2.24) is 0 Å². The van der Waals surface area contributed by atoms with Crippen LogP contribution in [0.1, 0.15) is 72.2 Å². The van der Waals surface area contributed by atoms with Gasteiger partial charge in [0.25, 0.3) is 0 Å². The molecule has 1 saturated heterocycles. The van der Waals surface area contributed by atoms with Crippen molar-refractivity contribution in [3.8, 4) is 22.3 Å². The molecule has 0 saturated carbocycles. The summed E-state index contributed by atoms with van der Waals surface area (Å²) >= 11 is 1.91. The molecule has 258 valence electrons. The topological polar surface area (TPSA) is 18.5 Å². The minimum Gasteiger partial charge on any atom is -0.399 e. The van der Waals surface area contributed by atoms with Crippen LogP contribution >= 0.6 is 11.3 Å². The highest BCUT2D eigenvalue weighted by Gasteiger charge is 2.60. The van der Waals surface area contributed by atoms with Crippen LogP contribution in [0.15, 0.2) is 152 Å². The average Bonchev–Trinajstić information content (AvgIpc) is 3.88. The molecule has 1 aliphatic heterocycles. The summed E-state index contributed by atoms with van der Waals surface area (Å²) in [6.45, 7) is 8.61. The Kier molecular flexibility index (Phi) is 5.93. The first-order valence-corrected chi connectivity index (χ1v) is 19.9. The fourth-order valence-electron chi connectivity index (χ4n) is 10.8. The van der Waals surface area contributed by atoms with Gasteiger partial charge in [-0.1, -0.05) is 146 Å². The summed E-state index contributed by atoms with van der Waals surface area (Å²) in [7, 11) is -0.508. The summed E-state index contributed by atoms with van der Waals surface area (Å²) in [6, 6.07) is 57.5. The molecular weight excluding hydrogens is 675 g/mol. The van der Waals surface area contributed by atoms with Gasteiger partial charge >= 0.3 is 7.12 Å². The molecule has 12 rings (SSSR count). The van der Waals surface area contributed by atoms with Crippen LogP contribution in [-0.2, 0) is 20.1 Å². The van der Waals surface area contributed by atoms with Crippen LogP contribution in [0.3, 0.4) is 0 Å². The molecule has 2 heterocycles. The highest BCUT2D eigenvalue weighted by Crippen LogP contribution is 2.68. The van der Waals surface area contributed by atoms with Crippen LogP contribution in [0.2, 0.25) is 0 Å². The molecule has 0 bridgehead atoms. The Morgan fingerprint density at radius 2 is 0.870 bits per heavy atom. The molecule has 0 unspecified atom stereocenters. The normalized spacial score (nSPS) is 18.4. The van der Waals surface area contributed by atoms with Gasteiger partial charge in [0.1, 0.15) is 0 Å². The van der Waals surface area contributed by atoms with E-state index in [4.69, 9.17) is 9.31 Å². The van der Waals surface area contributed by atoms with Crippen molar-refractivity contribution in [2.45, 2.75) is 49.7 Å². The Bertz CT molecular complexity index is 2820. The van der Waals surface area contributed by atoms with Gasteiger partial charge in [-0.25, -0.2) is 0 Å². The predicted octanol–water partition coefficient (Wildman–Crippen LogP) is 11.4. The van der Waals surface area contributed by atoms with Crippen molar-refractivity contribution >= 4 is 44.1 Å². The SMILES string of the molecule is CC1(C)OB(c2cccc3c2-c2c(ccc4c2sc2ccccc24)C32c3ccccc3C3(c4ccccc4-c4ccccc43)c3ccccc32)OC1(C)C. The molecule has 4 aliphatic rings. The number of rotatable bonds is 1. The van der Waals surface area contributed by atoms with Crippen molar-refractivity contribution in [2.75, 3.05) is 0 Å². The van der Waals surface area contributed by atoms with Crippen LogP contribution in [0.4, 0.5) is 0 Å². The molecule has 54 heavy (non-hydrogen) atoms. The van der Waals surface area contributed by atoms with Crippen molar-refractivity contribution in [1.29, 1.82) is 0 Å². The van der Waals surface area contributed by atoms with Gasteiger partial charge in [-0.05, 0) is 100 Å². The van der Waals surface area contributed by atoms with E-state index in [1.165, 1.54) is 86.9 Å².